The van der Waals surface area contributed by atoms with Crippen molar-refractivity contribution in [1.82, 2.24) is 4.90 Å². The number of hydrogen-bond donors (Lipinski definition) is 2. The van der Waals surface area contributed by atoms with E-state index in [4.69, 9.17) is 5.73 Å². The van der Waals surface area contributed by atoms with Gasteiger partial charge in [0.2, 0.25) is 0 Å². The number of halogens is 2. The van der Waals surface area contributed by atoms with E-state index in [1.165, 1.54) is 0 Å². The van der Waals surface area contributed by atoms with Crippen molar-refractivity contribution in [2.45, 2.75) is 25.4 Å². The summed E-state index contributed by atoms with van der Waals surface area (Å²) in [5.41, 5.74) is 5.40. The average Bonchev–Trinajstić information content (AvgIpc) is 2.04. The lowest BCUT2D eigenvalue weighted by atomic mass is 10.1. The quantitative estimate of drug-likeness (QED) is 0.749. The van der Waals surface area contributed by atoms with E-state index >= 15 is 0 Å². The van der Waals surface area contributed by atoms with Crippen LogP contribution < -0.4 is 5.73 Å². The molecular weight excluding hydrogens is 211 g/mol. The van der Waals surface area contributed by atoms with Gasteiger partial charge < -0.3 is 15.7 Å². The molecule has 1 aliphatic rings. The molecule has 1 heterocycles. The summed E-state index contributed by atoms with van der Waals surface area (Å²) in [5.74, 6) is 0. The average molecular weight is 231 g/mol. The van der Waals surface area contributed by atoms with E-state index in [-0.39, 0.29) is 30.9 Å². The van der Waals surface area contributed by atoms with E-state index < -0.39 is 0 Å². The highest BCUT2D eigenvalue weighted by Gasteiger charge is 2.15. The Labute approximate surface area is 92.5 Å². The summed E-state index contributed by atoms with van der Waals surface area (Å²) in [6.07, 6.45) is 2.90. The van der Waals surface area contributed by atoms with Crippen LogP contribution in [0.5, 0.6) is 0 Å². The van der Waals surface area contributed by atoms with Crippen LogP contribution in [-0.4, -0.2) is 42.3 Å². The Hall–Kier alpha value is 0.460. The van der Waals surface area contributed by atoms with Gasteiger partial charge in [-0.25, -0.2) is 0 Å². The van der Waals surface area contributed by atoms with Gasteiger partial charge in [0.1, 0.15) is 0 Å². The normalized spacial score (nSPS) is 18.9. The molecule has 0 aromatic carbocycles. The van der Waals surface area contributed by atoms with Crippen LogP contribution in [0, 0.1) is 0 Å². The Morgan fingerprint density at radius 2 is 1.77 bits per heavy atom. The van der Waals surface area contributed by atoms with Gasteiger partial charge in [0, 0.05) is 13.1 Å². The number of likely N-dealkylation sites (tertiary alicyclic amines) is 1. The predicted molar refractivity (Wildman–Crippen MR) is 59.8 cm³/mol. The van der Waals surface area contributed by atoms with Crippen LogP contribution in [0.4, 0.5) is 0 Å². The summed E-state index contributed by atoms with van der Waals surface area (Å²) < 4.78 is 0. The monoisotopic (exact) mass is 230 g/mol. The maximum absolute atomic E-state index is 9.20. The highest BCUT2D eigenvalue weighted by Crippen LogP contribution is 2.09. The molecule has 5 heteroatoms. The molecule has 0 aromatic rings. The van der Waals surface area contributed by atoms with Gasteiger partial charge in [-0.1, -0.05) is 0 Å². The van der Waals surface area contributed by atoms with Crippen molar-refractivity contribution in [2.75, 3.05) is 26.2 Å². The minimum absolute atomic E-state index is 0. The minimum Gasteiger partial charge on any atom is -0.393 e. The highest BCUT2D eigenvalue weighted by molar-refractivity contribution is 5.85. The number of aliphatic hydroxyl groups is 1. The van der Waals surface area contributed by atoms with Crippen LogP contribution in [0.2, 0.25) is 0 Å². The van der Waals surface area contributed by atoms with E-state index in [1.807, 2.05) is 0 Å². The third kappa shape index (κ3) is 6.52. The molecule has 1 saturated heterocycles. The van der Waals surface area contributed by atoms with Gasteiger partial charge in [-0.15, -0.1) is 24.8 Å². The molecule has 1 rings (SSSR count). The van der Waals surface area contributed by atoms with Gasteiger partial charge in [0.15, 0.2) is 0 Å². The van der Waals surface area contributed by atoms with Gasteiger partial charge in [-0.05, 0) is 32.4 Å². The van der Waals surface area contributed by atoms with E-state index in [0.29, 0.717) is 0 Å². The van der Waals surface area contributed by atoms with Crippen molar-refractivity contribution >= 4 is 24.8 Å². The molecule has 1 fully saturated rings. The zero-order valence-corrected chi connectivity index (χ0v) is 9.45. The largest absolute Gasteiger partial charge is 0.393 e. The molecule has 3 nitrogen and oxygen atoms in total. The second-order valence-corrected chi connectivity index (χ2v) is 3.22. The Kier molecular flexibility index (Phi) is 11.1. The van der Waals surface area contributed by atoms with Crippen LogP contribution in [0.25, 0.3) is 0 Å². The Bertz CT molecular complexity index is 106. The van der Waals surface area contributed by atoms with Crippen molar-refractivity contribution in [3.63, 3.8) is 0 Å². The SMILES string of the molecule is Cl.Cl.NCCCN1CCC(O)CC1. The standard InChI is InChI=1S/C8H18N2O.2ClH/c9-4-1-5-10-6-2-8(11)3-7-10;;/h8,11H,1-7,9H2;2*1H. The lowest BCUT2D eigenvalue weighted by molar-refractivity contribution is 0.0824. The highest BCUT2D eigenvalue weighted by atomic mass is 35.5. The van der Waals surface area contributed by atoms with Gasteiger partial charge in [0.05, 0.1) is 6.10 Å². The topological polar surface area (TPSA) is 49.5 Å². The summed E-state index contributed by atoms with van der Waals surface area (Å²) in [7, 11) is 0. The number of rotatable bonds is 3. The van der Waals surface area contributed by atoms with E-state index in [1.54, 1.807) is 0 Å². The van der Waals surface area contributed by atoms with E-state index in [2.05, 4.69) is 4.90 Å². The van der Waals surface area contributed by atoms with Gasteiger partial charge in [-0.3, -0.25) is 0 Å². The van der Waals surface area contributed by atoms with E-state index in [0.717, 1.165) is 45.4 Å². The fourth-order valence-corrected chi connectivity index (χ4v) is 1.46. The smallest absolute Gasteiger partial charge is 0.0564 e. The number of aliphatic hydroxyl groups excluding tert-OH is 1. The molecule has 0 saturated carbocycles. The second kappa shape index (κ2) is 9.03. The molecular formula is C8H20Cl2N2O. The zero-order valence-electron chi connectivity index (χ0n) is 7.82. The Balaban J connectivity index is 0. The summed E-state index contributed by atoms with van der Waals surface area (Å²) >= 11 is 0. The second-order valence-electron chi connectivity index (χ2n) is 3.22. The van der Waals surface area contributed by atoms with E-state index in [9.17, 15) is 5.11 Å². The molecule has 0 aliphatic carbocycles. The molecule has 82 valence electrons. The zero-order chi connectivity index (χ0) is 8.10. The summed E-state index contributed by atoms with van der Waals surface area (Å²) in [4.78, 5) is 2.37. The molecule has 1 aliphatic heterocycles. The van der Waals surface area contributed by atoms with Crippen LogP contribution in [0.1, 0.15) is 19.3 Å². The first-order valence-corrected chi connectivity index (χ1v) is 4.43. The molecule has 0 radical (unpaired) electrons. The Morgan fingerprint density at radius 1 is 1.23 bits per heavy atom. The van der Waals surface area contributed by atoms with Crippen molar-refractivity contribution in [3.8, 4) is 0 Å². The van der Waals surface area contributed by atoms with Crippen LogP contribution >= 0.6 is 24.8 Å². The lowest BCUT2D eigenvalue weighted by Gasteiger charge is -2.29. The Morgan fingerprint density at radius 3 is 2.23 bits per heavy atom. The predicted octanol–water partition coefficient (Wildman–Crippen LogP) is 0.635. The third-order valence-corrected chi connectivity index (χ3v) is 2.24. The summed E-state index contributed by atoms with van der Waals surface area (Å²) in [6, 6.07) is 0. The van der Waals surface area contributed by atoms with Gasteiger partial charge >= 0.3 is 0 Å². The number of nitrogens with zero attached hydrogens (tertiary/aromatic N) is 1. The van der Waals surface area contributed by atoms with Crippen molar-refractivity contribution < 1.29 is 5.11 Å². The molecule has 0 spiro atoms. The van der Waals surface area contributed by atoms with Crippen LogP contribution in [0.3, 0.4) is 0 Å². The first-order chi connectivity index (χ1) is 5.33. The minimum atomic E-state index is -0.0517. The third-order valence-electron chi connectivity index (χ3n) is 2.24. The maximum Gasteiger partial charge on any atom is 0.0564 e. The number of nitrogens with two attached hydrogens (primary N) is 1. The van der Waals surface area contributed by atoms with Crippen molar-refractivity contribution in [1.29, 1.82) is 0 Å². The van der Waals surface area contributed by atoms with Crippen LogP contribution in [0.15, 0.2) is 0 Å². The molecule has 0 aromatic heterocycles. The molecule has 13 heavy (non-hydrogen) atoms. The molecule has 3 N–H and O–H groups in total. The fraction of sp³-hybridized carbons (Fsp3) is 1.00. The number of hydrogen-bond acceptors (Lipinski definition) is 3. The lowest BCUT2D eigenvalue weighted by Crippen LogP contribution is -2.36. The first kappa shape index (κ1) is 15.9. The number of piperidine rings is 1. The summed E-state index contributed by atoms with van der Waals surface area (Å²) in [6.45, 7) is 3.96. The first-order valence-electron chi connectivity index (χ1n) is 4.43. The fourth-order valence-electron chi connectivity index (χ4n) is 1.46. The van der Waals surface area contributed by atoms with Gasteiger partial charge in [-0.2, -0.15) is 0 Å². The summed E-state index contributed by atoms with van der Waals surface area (Å²) in [5, 5.41) is 9.20. The molecule has 0 amide bonds. The molecule has 0 atom stereocenters. The van der Waals surface area contributed by atoms with Crippen molar-refractivity contribution in [3.05, 3.63) is 0 Å². The van der Waals surface area contributed by atoms with Gasteiger partial charge in [0.25, 0.3) is 0 Å². The maximum atomic E-state index is 9.20. The van der Waals surface area contributed by atoms with Crippen molar-refractivity contribution in [2.24, 2.45) is 5.73 Å². The molecule has 0 bridgehead atoms. The molecule has 0 unspecified atom stereocenters. The van der Waals surface area contributed by atoms with Crippen LogP contribution in [-0.2, 0) is 0 Å².